The first-order chi connectivity index (χ1) is 17.7. The Balaban J connectivity index is 0.00000217. The molecule has 7 nitrogen and oxygen atoms in total. The van der Waals surface area contributed by atoms with Gasteiger partial charge >= 0.3 is 0 Å². The third kappa shape index (κ3) is 13.1. The minimum atomic E-state index is -0.149. The molecule has 1 atom stereocenters. The fraction of sp³-hybridized carbons (Fsp3) is 0.414. The van der Waals surface area contributed by atoms with E-state index in [9.17, 15) is 9.59 Å². The van der Waals surface area contributed by atoms with Crippen LogP contribution in [0.1, 0.15) is 56.5 Å². The van der Waals surface area contributed by atoms with Crippen LogP contribution in [0.15, 0.2) is 55.1 Å². The lowest BCUT2D eigenvalue weighted by atomic mass is 10.1. The number of ether oxygens (including phenoxy) is 1. The van der Waals surface area contributed by atoms with Crippen molar-refractivity contribution in [3.63, 3.8) is 0 Å². The van der Waals surface area contributed by atoms with Crippen molar-refractivity contribution in [3.05, 3.63) is 71.3 Å². The number of rotatable bonds is 14. The fourth-order valence-electron chi connectivity index (χ4n) is 3.47. The van der Waals surface area contributed by atoms with Gasteiger partial charge < -0.3 is 20.8 Å². The van der Waals surface area contributed by atoms with Crippen LogP contribution in [-0.2, 0) is 11.4 Å². The quantitative estimate of drug-likeness (QED) is 0.201. The molecule has 0 aliphatic rings. The van der Waals surface area contributed by atoms with E-state index in [1.54, 1.807) is 25.1 Å². The molecule has 0 radical (unpaired) electrons. The first-order valence-corrected chi connectivity index (χ1v) is 13.0. The minimum absolute atomic E-state index is 0.119. The van der Waals surface area contributed by atoms with Crippen molar-refractivity contribution < 1.29 is 14.3 Å². The van der Waals surface area contributed by atoms with Crippen LogP contribution in [0.5, 0.6) is 5.75 Å². The first kappa shape index (κ1) is 31.9. The minimum Gasteiger partial charge on any atom is -0.487 e. The Kier molecular flexibility index (Phi) is 15.6. The molecule has 2 rings (SSSR count). The zero-order valence-corrected chi connectivity index (χ0v) is 23.2. The number of benzene rings is 2. The number of carbonyl (C=O) groups is 2. The maximum atomic E-state index is 12.7. The summed E-state index contributed by atoms with van der Waals surface area (Å²) in [5.41, 5.74) is 2.15. The van der Waals surface area contributed by atoms with Crippen LogP contribution in [0.2, 0.25) is 5.02 Å². The SMILES string of the molecule is C=CCN(CCC)CCC(C)CNC(=O)c1ccc(Cl)c(OCc2ccc(NC(C)=O)cc2)c1.CC=N. The van der Waals surface area contributed by atoms with Gasteiger partial charge in [0.05, 0.1) is 5.02 Å². The monoisotopic (exact) mass is 528 g/mol. The normalized spacial score (nSPS) is 11.1. The molecule has 0 aliphatic carbocycles. The van der Waals surface area contributed by atoms with Gasteiger partial charge in [-0.2, -0.15) is 0 Å². The molecule has 8 heteroatoms. The van der Waals surface area contributed by atoms with E-state index in [2.05, 4.69) is 36.0 Å². The van der Waals surface area contributed by atoms with Crippen LogP contribution in [0.25, 0.3) is 0 Å². The molecular weight excluding hydrogens is 488 g/mol. The first-order valence-electron chi connectivity index (χ1n) is 12.6. The number of halogens is 1. The average Bonchev–Trinajstić information content (AvgIpc) is 2.86. The molecule has 0 saturated heterocycles. The second-order valence-corrected chi connectivity index (χ2v) is 9.20. The van der Waals surface area contributed by atoms with Crippen molar-refractivity contribution in [1.29, 1.82) is 5.41 Å². The molecule has 2 aromatic carbocycles. The Morgan fingerprint density at radius 1 is 1.19 bits per heavy atom. The smallest absolute Gasteiger partial charge is 0.251 e. The highest BCUT2D eigenvalue weighted by molar-refractivity contribution is 6.32. The lowest BCUT2D eigenvalue weighted by Gasteiger charge is -2.22. The van der Waals surface area contributed by atoms with Crippen molar-refractivity contribution >= 4 is 35.3 Å². The Bertz CT molecular complexity index is 995. The van der Waals surface area contributed by atoms with Crippen LogP contribution in [0.3, 0.4) is 0 Å². The maximum absolute atomic E-state index is 12.7. The maximum Gasteiger partial charge on any atom is 0.251 e. The molecule has 0 saturated carbocycles. The number of nitrogens with one attached hydrogen (secondary N) is 3. The number of hydrogen-bond donors (Lipinski definition) is 3. The van der Waals surface area contributed by atoms with E-state index in [0.717, 1.165) is 43.7 Å². The Labute approximate surface area is 226 Å². The van der Waals surface area contributed by atoms with Crippen molar-refractivity contribution in [2.45, 2.75) is 47.1 Å². The van der Waals surface area contributed by atoms with E-state index in [0.29, 0.717) is 35.4 Å². The van der Waals surface area contributed by atoms with Gasteiger partial charge in [-0.05, 0) is 80.9 Å². The standard InChI is InChI=1S/C27H36ClN3O3.C2H5N/c1-5-14-31(15-6-2)16-13-20(3)18-29-27(33)23-9-12-25(28)26(17-23)34-19-22-7-10-24(11-8-22)30-21(4)32;1-2-3/h5,7-12,17,20H,1,6,13-16,18-19H2,2-4H3,(H,29,33)(H,30,32);2-3H,1H3. The van der Waals surface area contributed by atoms with E-state index in [-0.39, 0.29) is 11.8 Å². The van der Waals surface area contributed by atoms with Crippen molar-refractivity contribution in [2.24, 2.45) is 5.92 Å². The molecule has 2 amide bonds. The van der Waals surface area contributed by atoms with Crippen LogP contribution >= 0.6 is 11.6 Å². The van der Waals surface area contributed by atoms with E-state index >= 15 is 0 Å². The lowest BCUT2D eigenvalue weighted by molar-refractivity contribution is -0.114. The fourth-order valence-corrected chi connectivity index (χ4v) is 3.64. The molecule has 0 fully saturated rings. The zero-order valence-electron chi connectivity index (χ0n) is 22.5. The summed E-state index contributed by atoms with van der Waals surface area (Å²) in [6.07, 6.45) is 5.30. The largest absolute Gasteiger partial charge is 0.487 e. The third-order valence-electron chi connectivity index (χ3n) is 5.34. The van der Waals surface area contributed by atoms with E-state index in [1.165, 1.54) is 13.1 Å². The second-order valence-electron chi connectivity index (χ2n) is 8.79. The Morgan fingerprint density at radius 2 is 1.86 bits per heavy atom. The van der Waals surface area contributed by atoms with Gasteiger partial charge in [0.15, 0.2) is 0 Å². The van der Waals surface area contributed by atoms with E-state index < -0.39 is 0 Å². The predicted molar refractivity (Wildman–Crippen MR) is 154 cm³/mol. The molecule has 0 heterocycles. The van der Waals surface area contributed by atoms with Crippen LogP contribution in [0, 0.1) is 11.3 Å². The van der Waals surface area contributed by atoms with Gasteiger partial charge in [0.2, 0.25) is 5.91 Å². The highest BCUT2D eigenvalue weighted by atomic mass is 35.5. The van der Waals surface area contributed by atoms with Crippen molar-refractivity contribution in [3.8, 4) is 5.75 Å². The highest BCUT2D eigenvalue weighted by Crippen LogP contribution is 2.26. The summed E-state index contributed by atoms with van der Waals surface area (Å²) in [6.45, 7) is 15.1. The van der Waals surface area contributed by atoms with Crippen LogP contribution in [0.4, 0.5) is 5.69 Å². The third-order valence-corrected chi connectivity index (χ3v) is 5.65. The van der Waals surface area contributed by atoms with E-state index in [4.69, 9.17) is 21.7 Å². The summed E-state index contributed by atoms with van der Waals surface area (Å²) < 4.78 is 5.86. The number of hydrogen-bond acceptors (Lipinski definition) is 5. The second kappa shape index (κ2) is 18.1. The summed E-state index contributed by atoms with van der Waals surface area (Å²) >= 11 is 6.28. The highest BCUT2D eigenvalue weighted by Gasteiger charge is 2.12. The molecular formula is C29H41ClN4O3. The molecule has 0 bridgehead atoms. The van der Waals surface area contributed by atoms with Gasteiger partial charge in [0.1, 0.15) is 12.4 Å². The average molecular weight is 529 g/mol. The van der Waals surface area contributed by atoms with Gasteiger partial charge in [-0.15, -0.1) is 6.58 Å². The van der Waals surface area contributed by atoms with Gasteiger partial charge in [-0.1, -0.05) is 43.7 Å². The van der Waals surface area contributed by atoms with Crippen molar-refractivity contribution in [2.75, 3.05) is 31.5 Å². The van der Waals surface area contributed by atoms with Crippen LogP contribution < -0.4 is 15.4 Å². The summed E-state index contributed by atoms with van der Waals surface area (Å²) in [5, 5.41) is 12.3. The molecule has 3 N–H and O–H groups in total. The molecule has 202 valence electrons. The lowest BCUT2D eigenvalue weighted by Crippen LogP contribution is -2.31. The number of carbonyl (C=O) groups excluding carboxylic acids is 2. The van der Waals surface area contributed by atoms with E-state index in [1.807, 2.05) is 30.3 Å². The summed E-state index contributed by atoms with van der Waals surface area (Å²) in [6, 6.07) is 12.4. The van der Waals surface area contributed by atoms with Crippen LogP contribution in [-0.4, -0.2) is 49.1 Å². The molecule has 2 aromatic rings. The molecule has 37 heavy (non-hydrogen) atoms. The van der Waals surface area contributed by atoms with Crippen molar-refractivity contribution in [1.82, 2.24) is 10.2 Å². The summed E-state index contributed by atoms with van der Waals surface area (Å²) in [5.74, 6) is 0.542. The molecule has 0 aromatic heterocycles. The topological polar surface area (TPSA) is 94.5 Å². The predicted octanol–water partition coefficient (Wildman–Crippen LogP) is 6.19. The van der Waals surface area contributed by atoms with Gasteiger partial charge in [0, 0.05) is 31.3 Å². The van der Waals surface area contributed by atoms with Gasteiger partial charge in [-0.3, -0.25) is 14.5 Å². The molecule has 0 aliphatic heterocycles. The van der Waals surface area contributed by atoms with Gasteiger partial charge in [-0.25, -0.2) is 0 Å². The molecule has 0 spiro atoms. The summed E-state index contributed by atoms with van der Waals surface area (Å²) in [4.78, 5) is 26.2. The number of anilines is 1. The van der Waals surface area contributed by atoms with Gasteiger partial charge in [0.25, 0.3) is 5.91 Å². The summed E-state index contributed by atoms with van der Waals surface area (Å²) in [7, 11) is 0. The Morgan fingerprint density at radius 3 is 2.46 bits per heavy atom. The Hall–Kier alpha value is -3.16. The zero-order chi connectivity index (χ0) is 27.6. The number of amides is 2. The number of nitrogens with zero attached hydrogens (tertiary/aromatic N) is 1. The molecule has 1 unspecified atom stereocenters.